The van der Waals surface area contributed by atoms with Crippen LogP contribution in [0.3, 0.4) is 0 Å². The van der Waals surface area contributed by atoms with E-state index in [1.54, 1.807) is 12.4 Å². The van der Waals surface area contributed by atoms with Crippen molar-refractivity contribution in [3.63, 3.8) is 0 Å². The van der Waals surface area contributed by atoms with E-state index < -0.39 is 0 Å². The van der Waals surface area contributed by atoms with Crippen LogP contribution in [0.25, 0.3) is 22.5 Å². The second-order valence-corrected chi connectivity index (χ2v) is 9.07. The molecule has 1 atom stereocenters. The van der Waals surface area contributed by atoms with E-state index in [4.69, 9.17) is 9.47 Å². The number of benzene rings is 2. The van der Waals surface area contributed by atoms with E-state index in [0.717, 1.165) is 42.4 Å². The SMILES string of the molecule is CCCCCCC(C)C(=O)Oc1ccc(-c2ccc(-c3ncc(OCCCCC)cn3)cc2)cc1. The molecule has 0 bridgehead atoms. The predicted molar refractivity (Wildman–Crippen MR) is 141 cm³/mol. The molecular weight excluding hydrogens is 436 g/mol. The fourth-order valence-electron chi connectivity index (χ4n) is 3.82. The van der Waals surface area contributed by atoms with Crippen molar-refractivity contribution in [1.29, 1.82) is 0 Å². The minimum Gasteiger partial charge on any atom is -0.490 e. The first-order chi connectivity index (χ1) is 17.1. The summed E-state index contributed by atoms with van der Waals surface area (Å²) < 4.78 is 11.3. The molecule has 0 radical (unpaired) electrons. The molecule has 35 heavy (non-hydrogen) atoms. The van der Waals surface area contributed by atoms with E-state index in [-0.39, 0.29) is 11.9 Å². The average Bonchev–Trinajstić information content (AvgIpc) is 2.90. The molecule has 3 aromatic rings. The van der Waals surface area contributed by atoms with Gasteiger partial charge in [0.05, 0.1) is 24.9 Å². The third-order valence-corrected chi connectivity index (χ3v) is 6.09. The van der Waals surface area contributed by atoms with Crippen LogP contribution in [0.15, 0.2) is 60.9 Å². The molecule has 1 heterocycles. The van der Waals surface area contributed by atoms with Crippen molar-refractivity contribution in [3.05, 3.63) is 60.9 Å². The number of hydrogen-bond acceptors (Lipinski definition) is 5. The Morgan fingerprint density at radius 2 is 1.31 bits per heavy atom. The van der Waals surface area contributed by atoms with Crippen molar-refractivity contribution >= 4 is 5.97 Å². The zero-order valence-electron chi connectivity index (χ0n) is 21.3. The predicted octanol–water partition coefficient (Wildman–Crippen LogP) is 7.89. The van der Waals surface area contributed by atoms with E-state index in [1.807, 2.05) is 55.5 Å². The number of aromatic nitrogens is 2. The van der Waals surface area contributed by atoms with Crippen LogP contribution in [0, 0.1) is 5.92 Å². The van der Waals surface area contributed by atoms with Gasteiger partial charge in [-0.25, -0.2) is 9.97 Å². The first kappa shape index (κ1) is 26.4. The maximum Gasteiger partial charge on any atom is 0.314 e. The molecule has 0 amide bonds. The van der Waals surface area contributed by atoms with Crippen molar-refractivity contribution in [2.24, 2.45) is 5.92 Å². The highest BCUT2D eigenvalue weighted by Gasteiger charge is 2.15. The van der Waals surface area contributed by atoms with Crippen LogP contribution in [-0.2, 0) is 4.79 Å². The maximum atomic E-state index is 12.4. The lowest BCUT2D eigenvalue weighted by molar-refractivity contribution is -0.138. The van der Waals surface area contributed by atoms with Crippen molar-refractivity contribution in [3.8, 4) is 34.0 Å². The molecule has 0 aliphatic rings. The summed E-state index contributed by atoms with van der Waals surface area (Å²) >= 11 is 0. The third-order valence-electron chi connectivity index (χ3n) is 6.09. The molecule has 5 heteroatoms. The maximum absolute atomic E-state index is 12.4. The second-order valence-electron chi connectivity index (χ2n) is 9.07. The van der Waals surface area contributed by atoms with E-state index in [1.165, 1.54) is 25.7 Å². The molecule has 0 N–H and O–H groups in total. The largest absolute Gasteiger partial charge is 0.490 e. The third kappa shape index (κ3) is 8.50. The minimum absolute atomic E-state index is 0.0806. The summed E-state index contributed by atoms with van der Waals surface area (Å²) in [5, 5.41) is 0. The monoisotopic (exact) mass is 474 g/mol. The molecule has 5 nitrogen and oxygen atoms in total. The van der Waals surface area contributed by atoms with Gasteiger partial charge < -0.3 is 9.47 Å². The number of esters is 1. The standard InChI is InChI=1S/C30H38N2O3/c1-4-6-8-9-11-23(3)30(33)35-27-18-16-25(17-19-27)24-12-14-26(15-13-24)29-31-21-28(22-32-29)34-20-10-7-5-2/h12-19,21-23H,4-11,20H2,1-3H3. The summed E-state index contributed by atoms with van der Waals surface area (Å²) in [6.07, 6.45) is 12.4. The number of ether oxygens (including phenoxy) is 2. The Morgan fingerprint density at radius 1 is 0.743 bits per heavy atom. The molecule has 0 aliphatic heterocycles. The second kappa shape index (κ2) is 14.2. The number of carbonyl (C=O) groups excluding carboxylic acids is 1. The molecule has 186 valence electrons. The first-order valence-electron chi connectivity index (χ1n) is 13.0. The number of nitrogens with zero attached hydrogens (tertiary/aromatic N) is 2. The first-order valence-corrected chi connectivity index (χ1v) is 13.0. The van der Waals surface area contributed by atoms with Gasteiger partial charge in [-0.3, -0.25) is 4.79 Å². The Labute approximate surface area is 209 Å². The van der Waals surface area contributed by atoms with Gasteiger partial charge in [-0.15, -0.1) is 0 Å². The normalized spacial score (nSPS) is 11.7. The van der Waals surface area contributed by atoms with Gasteiger partial charge in [0.2, 0.25) is 0 Å². The smallest absolute Gasteiger partial charge is 0.314 e. The highest BCUT2D eigenvalue weighted by Crippen LogP contribution is 2.26. The molecule has 3 rings (SSSR count). The molecule has 1 unspecified atom stereocenters. The quantitative estimate of drug-likeness (QED) is 0.135. The summed E-state index contributed by atoms with van der Waals surface area (Å²) in [5.41, 5.74) is 3.08. The van der Waals surface area contributed by atoms with Crippen LogP contribution in [0.5, 0.6) is 11.5 Å². The van der Waals surface area contributed by atoms with Gasteiger partial charge in [-0.05, 0) is 36.1 Å². The fraction of sp³-hybridized carbons (Fsp3) is 0.433. The zero-order valence-corrected chi connectivity index (χ0v) is 21.3. The molecule has 0 aliphatic carbocycles. The molecular formula is C30H38N2O3. The number of carbonyl (C=O) groups is 1. The van der Waals surface area contributed by atoms with Gasteiger partial charge >= 0.3 is 5.97 Å². The summed E-state index contributed by atoms with van der Waals surface area (Å²) in [6, 6.07) is 15.8. The molecule has 0 saturated carbocycles. The van der Waals surface area contributed by atoms with Crippen molar-refractivity contribution in [1.82, 2.24) is 9.97 Å². The van der Waals surface area contributed by atoms with Crippen LogP contribution in [0.4, 0.5) is 0 Å². The lowest BCUT2D eigenvalue weighted by Gasteiger charge is -2.11. The highest BCUT2D eigenvalue weighted by molar-refractivity contribution is 5.75. The van der Waals surface area contributed by atoms with Crippen LogP contribution in [0.1, 0.15) is 72.1 Å². The van der Waals surface area contributed by atoms with E-state index in [0.29, 0.717) is 23.9 Å². The highest BCUT2D eigenvalue weighted by atomic mass is 16.5. The van der Waals surface area contributed by atoms with Gasteiger partial charge in [0.15, 0.2) is 11.6 Å². The van der Waals surface area contributed by atoms with Crippen LogP contribution < -0.4 is 9.47 Å². The number of rotatable bonds is 14. The average molecular weight is 475 g/mol. The molecule has 1 aromatic heterocycles. The fourth-order valence-corrected chi connectivity index (χ4v) is 3.82. The van der Waals surface area contributed by atoms with E-state index in [9.17, 15) is 4.79 Å². The lowest BCUT2D eigenvalue weighted by atomic mass is 10.0. The van der Waals surface area contributed by atoms with Gasteiger partial charge in [0.1, 0.15) is 5.75 Å². The van der Waals surface area contributed by atoms with Crippen molar-refractivity contribution < 1.29 is 14.3 Å². The minimum atomic E-state index is -0.157. The van der Waals surface area contributed by atoms with Crippen LogP contribution in [0.2, 0.25) is 0 Å². The molecule has 0 spiro atoms. The van der Waals surface area contributed by atoms with Gasteiger partial charge in [-0.2, -0.15) is 0 Å². The van der Waals surface area contributed by atoms with Crippen LogP contribution in [-0.4, -0.2) is 22.5 Å². The topological polar surface area (TPSA) is 61.3 Å². The zero-order chi connectivity index (χ0) is 24.9. The van der Waals surface area contributed by atoms with E-state index in [2.05, 4.69) is 23.8 Å². The summed E-state index contributed by atoms with van der Waals surface area (Å²) in [5.74, 6) is 1.72. The van der Waals surface area contributed by atoms with Gasteiger partial charge in [-0.1, -0.05) is 95.7 Å². The summed E-state index contributed by atoms with van der Waals surface area (Å²) in [4.78, 5) is 21.3. The Morgan fingerprint density at radius 3 is 1.94 bits per heavy atom. The number of hydrogen-bond donors (Lipinski definition) is 0. The van der Waals surface area contributed by atoms with Gasteiger partial charge in [0, 0.05) is 5.56 Å². The Bertz CT molecular complexity index is 1010. The summed E-state index contributed by atoms with van der Waals surface area (Å²) in [6.45, 7) is 7.00. The van der Waals surface area contributed by atoms with Crippen molar-refractivity contribution in [2.45, 2.75) is 72.1 Å². The Kier molecular flexibility index (Phi) is 10.7. The Hall–Kier alpha value is -3.21. The van der Waals surface area contributed by atoms with Crippen molar-refractivity contribution in [2.75, 3.05) is 6.61 Å². The Balaban J connectivity index is 1.53. The lowest BCUT2D eigenvalue weighted by Crippen LogP contribution is -2.17. The van der Waals surface area contributed by atoms with E-state index >= 15 is 0 Å². The molecule has 0 fully saturated rings. The van der Waals surface area contributed by atoms with Crippen LogP contribution >= 0.6 is 0 Å². The molecule has 0 saturated heterocycles. The number of unbranched alkanes of at least 4 members (excludes halogenated alkanes) is 5. The molecule has 2 aromatic carbocycles. The van der Waals surface area contributed by atoms with Gasteiger partial charge in [0.25, 0.3) is 0 Å². The summed E-state index contributed by atoms with van der Waals surface area (Å²) in [7, 11) is 0.